The molecule has 0 amide bonds. The summed E-state index contributed by atoms with van der Waals surface area (Å²) in [5.41, 5.74) is 10.1. The van der Waals surface area contributed by atoms with Crippen molar-refractivity contribution in [2.45, 2.75) is 112 Å². The second-order valence-electron chi connectivity index (χ2n) is 17.4. The molecule has 2 aliphatic carbocycles. The molecule has 4 aromatic carbocycles. The van der Waals surface area contributed by atoms with Crippen LogP contribution in [0.1, 0.15) is 127 Å². The van der Waals surface area contributed by atoms with Gasteiger partial charge in [-0.15, -0.1) is 11.1 Å². The number of fused-ring (bicyclic) bond motifs is 3. The van der Waals surface area contributed by atoms with Crippen LogP contribution in [0.5, 0.6) is 0 Å². The van der Waals surface area contributed by atoms with Crippen LogP contribution in [-0.2, 0) is 53.8 Å². The standard InChI is InChI=1S/C21H25.C15H8F6.C12H19.2ClH.Zr/c1-20(2,3)16-7-9-18-14(12-16)11-15-13-17(21(4,5)6)8-10-19(15)18;16-14(17,18)12-5-1-10(2-6-12)9-11-3-7-13(8-4-11)15(19,20)21;1-5-6-10-7-8-11(9-10)12(2,3)4;;;/h7-10,12H,11H2,1-6H3;1-8H;8-10H,5-6H2,1-4H3;2*1H;/q-1;;-1;;;+2/p-2. The van der Waals surface area contributed by atoms with Gasteiger partial charge in [-0.3, -0.25) is 6.08 Å². The number of allylic oxidation sites excluding steroid dienone is 4. The first-order valence-corrected chi connectivity index (χ1v) is 20.0. The van der Waals surface area contributed by atoms with Gasteiger partial charge in [-0.05, 0) is 28.4 Å². The number of hydrogen-bond donors (Lipinski definition) is 0. The Morgan fingerprint density at radius 1 is 0.632 bits per heavy atom. The van der Waals surface area contributed by atoms with E-state index in [1.807, 2.05) is 0 Å². The molecule has 0 saturated heterocycles. The van der Waals surface area contributed by atoms with Crippen molar-refractivity contribution in [3.63, 3.8) is 0 Å². The number of hydrogen-bond acceptors (Lipinski definition) is 0. The molecule has 0 N–H and O–H groups in total. The molecular weight excluding hydrogens is 853 g/mol. The molecule has 0 bridgehead atoms. The molecule has 0 aromatic heterocycles. The van der Waals surface area contributed by atoms with Gasteiger partial charge in [-0.2, -0.15) is 35.4 Å². The van der Waals surface area contributed by atoms with Gasteiger partial charge in [-0.1, -0.05) is 117 Å². The molecule has 2 aliphatic rings. The molecule has 57 heavy (non-hydrogen) atoms. The predicted octanol–water partition coefficient (Wildman–Crippen LogP) is 8.25. The zero-order valence-corrected chi connectivity index (χ0v) is 38.4. The van der Waals surface area contributed by atoms with Gasteiger partial charge in [0.2, 0.25) is 0 Å². The molecular formula is C48H52Cl2F6Zr-2. The molecule has 1 atom stereocenters. The van der Waals surface area contributed by atoms with E-state index in [2.05, 4.69) is 124 Å². The van der Waals surface area contributed by atoms with Crippen LogP contribution in [0.2, 0.25) is 0 Å². The van der Waals surface area contributed by atoms with Crippen molar-refractivity contribution >= 4 is 3.21 Å². The first kappa shape index (κ1) is 50.4. The zero-order valence-electron chi connectivity index (χ0n) is 34.4. The third-order valence-corrected chi connectivity index (χ3v) is 11.2. The monoisotopic (exact) mass is 902 g/mol. The van der Waals surface area contributed by atoms with Crippen molar-refractivity contribution in [2.75, 3.05) is 0 Å². The quantitative estimate of drug-likeness (QED) is 0.126. The third kappa shape index (κ3) is 13.7. The van der Waals surface area contributed by atoms with Gasteiger partial charge in [0, 0.05) is 0 Å². The topological polar surface area (TPSA) is 0 Å². The molecule has 0 aliphatic heterocycles. The minimum absolute atomic E-state index is 0. The normalized spacial score (nSPS) is 14.8. The van der Waals surface area contributed by atoms with Crippen molar-refractivity contribution in [3.05, 3.63) is 153 Å². The first-order chi connectivity index (χ1) is 25.3. The van der Waals surface area contributed by atoms with Gasteiger partial charge in [0.05, 0.1) is 0 Å². The smallest absolute Gasteiger partial charge is 1.00 e. The maximum atomic E-state index is 12.5. The summed E-state index contributed by atoms with van der Waals surface area (Å²) in [6.07, 6.45) is 2.63. The summed E-state index contributed by atoms with van der Waals surface area (Å²) in [6.45, 7) is 22.6. The van der Waals surface area contributed by atoms with Gasteiger partial charge in [0.25, 0.3) is 0 Å². The molecule has 0 fully saturated rings. The molecule has 4 aromatic rings. The SMILES string of the molecule is CC(C)(C)c1[c-]c2c(cc1)-c1ccc(C(C)(C)C)cc1C2.CCCC1[C-]=CC(C(C)(C)C)=C1.FC(F)(F)c1ccc([C](=[Zr+2])c2ccc(C(F)(F)F)cc2)cc1.[Cl-].[Cl-]. The molecule has 6 rings (SSSR count). The molecule has 0 saturated carbocycles. The summed E-state index contributed by atoms with van der Waals surface area (Å²) < 4.78 is 75.6. The Morgan fingerprint density at radius 2 is 1.11 bits per heavy atom. The van der Waals surface area contributed by atoms with E-state index >= 15 is 0 Å². The largest absolute Gasteiger partial charge is 1.00 e. The van der Waals surface area contributed by atoms with Crippen molar-refractivity contribution in [3.8, 4) is 11.1 Å². The van der Waals surface area contributed by atoms with E-state index in [0.29, 0.717) is 25.7 Å². The minimum atomic E-state index is -4.41. The van der Waals surface area contributed by atoms with Crippen LogP contribution in [-0.4, -0.2) is 3.21 Å². The molecule has 0 radical (unpaired) electrons. The molecule has 0 heterocycles. The Labute approximate surface area is 363 Å². The van der Waals surface area contributed by atoms with Crippen molar-refractivity contribution in [1.29, 1.82) is 0 Å². The maximum absolute atomic E-state index is 12.5. The van der Waals surface area contributed by atoms with Gasteiger partial charge in [-0.25, -0.2) is 6.08 Å². The van der Waals surface area contributed by atoms with E-state index in [4.69, 9.17) is 0 Å². The summed E-state index contributed by atoms with van der Waals surface area (Å²) >= 11 is 0.898. The minimum Gasteiger partial charge on any atom is -1.00 e. The Hall–Kier alpha value is -2.73. The Kier molecular flexibility index (Phi) is 17.3. The third-order valence-electron chi connectivity index (χ3n) is 9.77. The second-order valence-corrected chi connectivity index (χ2v) is 18.6. The van der Waals surface area contributed by atoms with Crippen molar-refractivity contribution in [2.24, 2.45) is 11.3 Å². The maximum Gasteiger partial charge on any atom is -1.00 e. The average Bonchev–Trinajstić information content (AvgIpc) is 3.72. The molecule has 1 unspecified atom stereocenters. The van der Waals surface area contributed by atoms with Gasteiger partial charge in [0.1, 0.15) is 0 Å². The van der Waals surface area contributed by atoms with Crippen molar-refractivity contribution < 1.29 is 75.4 Å². The Bertz CT molecular complexity index is 1900. The van der Waals surface area contributed by atoms with Crippen LogP contribution < -0.4 is 24.8 Å². The van der Waals surface area contributed by atoms with Crippen LogP contribution in [0.15, 0.2) is 96.6 Å². The van der Waals surface area contributed by atoms with E-state index in [0.717, 1.165) is 54.9 Å². The van der Waals surface area contributed by atoms with Gasteiger partial charge in [0.15, 0.2) is 0 Å². The fourth-order valence-electron chi connectivity index (χ4n) is 6.30. The Morgan fingerprint density at radius 3 is 1.51 bits per heavy atom. The van der Waals surface area contributed by atoms with Gasteiger partial charge >= 0.3 is 137 Å². The summed E-state index contributed by atoms with van der Waals surface area (Å²) in [6, 6.07) is 24.3. The van der Waals surface area contributed by atoms with E-state index in [1.54, 1.807) is 0 Å². The number of benzene rings is 4. The van der Waals surface area contributed by atoms with Crippen LogP contribution in [0, 0.1) is 23.5 Å². The molecule has 306 valence electrons. The summed E-state index contributed by atoms with van der Waals surface area (Å²) in [5.74, 6) is 0.587. The van der Waals surface area contributed by atoms with E-state index in [-0.39, 0.29) is 35.6 Å². The van der Waals surface area contributed by atoms with E-state index in [9.17, 15) is 26.3 Å². The molecule has 0 nitrogen and oxygen atoms in total. The van der Waals surface area contributed by atoms with Crippen LogP contribution in [0.4, 0.5) is 26.3 Å². The molecule has 0 spiro atoms. The van der Waals surface area contributed by atoms with E-state index < -0.39 is 23.5 Å². The number of rotatable bonds is 4. The van der Waals surface area contributed by atoms with Crippen molar-refractivity contribution in [1.82, 2.24) is 0 Å². The second kappa shape index (κ2) is 19.6. The summed E-state index contributed by atoms with van der Waals surface area (Å²) in [5, 5.41) is 0. The number of alkyl halides is 6. The van der Waals surface area contributed by atoms with Crippen LogP contribution in [0.25, 0.3) is 11.1 Å². The van der Waals surface area contributed by atoms with Gasteiger partial charge < -0.3 is 24.8 Å². The predicted molar refractivity (Wildman–Crippen MR) is 211 cm³/mol. The number of halogens is 8. The average molecular weight is 905 g/mol. The summed E-state index contributed by atoms with van der Waals surface area (Å²) in [4.78, 5) is 0. The van der Waals surface area contributed by atoms with Crippen LogP contribution in [0.3, 0.4) is 0 Å². The van der Waals surface area contributed by atoms with Crippen LogP contribution >= 0.6 is 0 Å². The van der Waals surface area contributed by atoms with E-state index in [1.165, 1.54) is 76.1 Å². The molecule has 9 heteroatoms. The first-order valence-electron chi connectivity index (χ1n) is 18.7. The zero-order chi connectivity index (χ0) is 41.1. The fraction of sp³-hybridized carbons (Fsp3) is 0.396. The Balaban J connectivity index is 0.000000302. The fourth-order valence-corrected chi connectivity index (χ4v) is 7.12. The summed E-state index contributed by atoms with van der Waals surface area (Å²) in [7, 11) is 0.